The van der Waals surface area contributed by atoms with Crippen LogP contribution in [-0.2, 0) is 10.2 Å². The maximum absolute atomic E-state index is 13.8. The zero-order chi connectivity index (χ0) is 16.4. The number of hydrogen-bond donors (Lipinski definition) is 1. The molecular weight excluding hydrogens is 300 g/mol. The van der Waals surface area contributed by atoms with Crippen LogP contribution in [0.25, 0.3) is 0 Å². The molecule has 4 nitrogen and oxygen atoms in total. The number of likely N-dealkylation sites (N-methyl/N-ethyl adjacent to an activating group) is 1. The lowest BCUT2D eigenvalue weighted by molar-refractivity contribution is -0.126. The van der Waals surface area contributed by atoms with Gasteiger partial charge < -0.3 is 10.0 Å². The third-order valence-corrected chi connectivity index (χ3v) is 7.82. The molecule has 1 spiro atoms. The van der Waals surface area contributed by atoms with Crippen LogP contribution in [0.4, 0.5) is 5.69 Å². The first-order valence-electron chi connectivity index (χ1n) is 9.10. The predicted octanol–water partition coefficient (Wildman–Crippen LogP) is 2.07. The highest BCUT2D eigenvalue weighted by Crippen LogP contribution is 2.67. The van der Waals surface area contributed by atoms with E-state index in [-0.39, 0.29) is 12.0 Å². The van der Waals surface area contributed by atoms with Gasteiger partial charge in [-0.15, -0.1) is 0 Å². The molecule has 0 amide bonds. The molecule has 0 radical (unpaired) electrons. The highest BCUT2D eigenvalue weighted by Gasteiger charge is 2.74. The van der Waals surface area contributed by atoms with Gasteiger partial charge in [0.1, 0.15) is 5.75 Å². The normalized spacial score (nSPS) is 48.3. The van der Waals surface area contributed by atoms with E-state index in [0.29, 0.717) is 29.5 Å². The number of ketones is 1. The Labute approximate surface area is 141 Å². The number of anilines is 1. The molecule has 5 bridgehead atoms. The van der Waals surface area contributed by atoms with Crippen LogP contribution < -0.4 is 4.90 Å². The van der Waals surface area contributed by atoms with E-state index in [1.54, 1.807) is 6.07 Å². The number of allylic oxidation sites excluding steroid dienone is 1. The number of Topliss-reactive ketones (excluding diaryl/α,β-unsaturated/α-hetero) is 1. The molecule has 124 valence electrons. The maximum Gasteiger partial charge on any atom is 0.150 e. The van der Waals surface area contributed by atoms with Gasteiger partial charge in [0, 0.05) is 31.6 Å². The summed E-state index contributed by atoms with van der Waals surface area (Å²) in [6.07, 6.45) is 4.27. The summed E-state index contributed by atoms with van der Waals surface area (Å²) in [5, 5.41) is 10.5. The summed E-state index contributed by atoms with van der Waals surface area (Å²) in [5.74, 6) is 1.37. The van der Waals surface area contributed by atoms with Gasteiger partial charge >= 0.3 is 0 Å². The summed E-state index contributed by atoms with van der Waals surface area (Å²) in [5.41, 5.74) is 3.06. The van der Waals surface area contributed by atoms with Crippen molar-refractivity contribution in [2.45, 2.75) is 43.3 Å². The van der Waals surface area contributed by atoms with Crippen molar-refractivity contribution < 1.29 is 9.90 Å². The van der Waals surface area contributed by atoms with Crippen LogP contribution in [0.3, 0.4) is 0 Å². The smallest absolute Gasteiger partial charge is 0.150 e. The standard InChI is InChI=1S/C20H22N2O2/c1-3-10-9-22-13-7-11(10)16-14(22)8-20(19(16)24)12-5-4-6-15(23)17(12)21(2)18(13)20/h3-6,11,13-14,16,18,23H,7-9H2,1-2H3/b10-3-/t11-,13-,14-,16-,18-,20-/m0/s1. The van der Waals surface area contributed by atoms with Crippen molar-refractivity contribution in [3.8, 4) is 5.75 Å². The fourth-order valence-electron chi connectivity index (χ4n) is 7.14. The monoisotopic (exact) mass is 322 g/mol. The van der Waals surface area contributed by atoms with Crippen molar-refractivity contribution in [1.29, 1.82) is 0 Å². The second-order valence-electron chi connectivity index (χ2n) is 8.31. The Balaban J connectivity index is 1.64. The molecule has 4 saturated heterocycles. The third-order valence-electron chi connectivity index (χ3n) is 7.82. The van der Waals surface area contributed by atoms with Gasteiger partial charge in [0.05, 0.1) is 17.1 Å². The number of carbonyl (C=O) groups excluding carboxylic acids is 1. The molecule has 5 aliphatic heterocycles. The quantitative estimate of drug-likeness (QED) is 0.743. The lowest BCUT2D eigenvalue weighted by Crippen LogP contribution is -2.68. The van der Waals surface area contributed by atoms with E-state index in [4.69, 9.17) is 0 Å². The zero-order valence-electron chi connectivity index (χ0n) is 14.1. The van der Waals surface area contributed by atoms with Crippen molar-refractivity contribution >= 4 is 11.5 Å². The number of rotatable bonds is 0. The number of aromatic hydroxyl groups is 1. The number of piperidine rings is 4. The number of benzene rings is 1. The van der Waals surface area contributed by atoms with Gasteiger partial charge in [-0.3, -0.25) is 9.69 Å². The minimum Gasteiger partial charge on any atom is -0.506 e. The molecule has 7 atom stereocenters. The third kappa shape index (κ3) is 1.13. The van der Waals surface area contributed by atoms with Crippen molar-refractivity contribution in [1.82, 2.24) is 4.90 Å². The van der Waals surface area contributed by atoms with E-state index in [1.807, 2.05) is 6.07 Å². The molecule has 1 aliphatic carbocycles. The summed E-state index contributed by atoms with van der Waals surface area (Å²) < 4.78 is 0. The first-order chi connectivity index (χ1) is 11.6. The van der Waals surface area contributed by atoms with Gasteiger partial charge in [-0.05, 0) is 37.3 Å². The Hall–Kier alpha value is -1.81. The van der Waals surface area contributed by atoms with Crippen LogP contribution >= 0.6 is 0 Å². The number of para-hydroxylation sites is 1. The Morgan fingerprint density at radius 2 is 2.17 bits per heavy atom. The largest absolute Gasteiger partial charge is 0.506 e. The van der Waals surface area contributed by atoms with Crippen molar-refractivity contribution in [3.63, 3.8) is 0 Å². The number of carbonyl (C=O) groups is 1. The molecule has 1 N–H and O–H groups in total. The number of phenolic OH excluding ortho intramolecular Hbond substituents is 1. The summed E-state index contributed by atoms with van der Waals surface area (Å²) in [6, 6.07) is 6.76. The fourth-order valence-corrected chi connectivity index (χ4v) is 7.14. The molecule has 5 heterocycles. The van der Waals surface area contributed by atoms with E-state index in [1.165, 1.54) is 5.57 Å². The summed E-state index contributed by atoms with van der Waals surface area (Å²) >= 11 is 0. The highest BCUT2D eigenvalue weighted by atomic mass is 16.3. The van der Waals surface area contributed by atoms with Gasteiger partial charge in [-0.25, -0.2) is 0 Å². The van der Waals surface area contributed by atoms with E-state index in [9.17, 15) is 9.90 Å². The van der Waals surface area contributed by atoms with Gasteiger partial charge in [0.2, 0.25) is 0 Å². The highest BCUT2D eigenvalue weighted by molar-refractivity contribution is 6.02. The van der Waals surface area contributed by atoms with E-state index >= 15 is 0 Å². The summed E-state index contributed by atoms with van der Waals surface area (Å²) in [6.45, 7) is 3.15. The van der Waals surface area contributed by atoms with Crippen LogP contribution in [-0.4, -0.2) is 47.5 Å². The van der Waals surface area contributed by atoms with Gasteiger partial charge in [0.15, 0.2) is 5.78 Å². The lowest BCUT2D eigenvalue weighted by Gasteiger charge is -2.58. The molecule has 1 saturated carbocycles. The van der Waals surface area contributed by atoms with E-state index in [0.717, 1.165) is 30.6 Å². The molecule has 6 aliphatic rings. The number of hydrogen-bond acceptors (Lipinski definition) is 4. The zero-order valence-corrected chi connectivity index (χ0v) is 14.1. The average molecular weight is 322 g/mol. The molecule has 7 rings (SSSR count). The Bertz CT molecular complexity index is 831. The first kappa shape index (κ1) is 13.5. The summed E-state index contributed by atoms with van der Waals surface area (Å²) in [7, 11) is 2.07. The van der Waals surface area contributed by atoms with E-state index in [2.05, 4.69) is 35.9 Å². The Morgan fingerprint density at radius 3 is 2.96 bits per heavy atom. The maximum atomic E-state index is 13.8. The van der Waals surface area contributed by atoms with Crippen molar-refractivity contribution in [3.05, 3.63) is 35.4 Å². The van der Waals surface area contributed by atoms with Crippen LogP contribution in [0.15, 0.2) is 29.8 Å². The van der Waals surface area contributed by atoms with Gasteiger partial charge in [-0.1, -0.05) is 23.8 Å². The van der Waals surface area contributed by atoms with Crippen LogP contribution in [0, 0.1) is 11.8 Å². The van der Waals surface area contributed by atoms with Crippen molar-refractivity contribution in [2.75, 3.05) is 18.5 Å². The SMILES string of the molecule is C/C=C1/CN2[C@H]3C[C@@]45C(=O)[C@H]3[C@H]1C[C@H]2[C@@H]4N(C)c1c(O)cccc15. The molecule has 0 aromatic heterocycles. The second-order valence-corrected chi connectivity index (χ2v) is 8.31. The number of fused-ring (bicyclic) bond motifs is 2. The lowest BCUT2D eigenvalue weighted by atomic mass is 9.65. The molecular formula is C20H22N2O2. The first-order valence-corrected chi connectivity index (χ1v) is 9.10. The number of nitrogens with zero attached hydrogens (tertiary/aromatic N) is 2. The molecule has 24 heavy (non-hydrogen) atoms. The minimum atomic E-state index is -0.392. The minimum absolute atomic E-state index is 0.160. The topological polar surface area (TPSA) is 43.8 Å². The van der Waals surface area contributed by atoms with Gasteiger partial charge in [-0.2, -0.15) is 0 Å². The predicted molar refractivity (Wildman–Crippen MR) is 91.2 cm³/mol. The molecule has 1 aromatic rings. The molecule has 1 unspecified atom stereocenters. The average Bonchev–Trinajstić information content (AvgIpc) is 2.98. The van der Waals surface area contributed by atoms with Crippen molar-refractivity contribution in [2.24, 2.45) is 11.8 Å². The molecule has 1 aromatic carbocycles. The Kier molecular flexibility index (Phi) is 2.18. The van der Waals surface area contributed by atoms with Gasteiger partial charge in [0.25, 0.3) is 0 Å². The second kappa shape index (κ2) is 3.88. The number of phenols is 1. The van der Waals surface area contributed by atoms with Crippen LogP contribution in [0.1, 0.15) is 25.3 Å². The van der Waals surface area contributed by atoms with Crippen LogP contribution in [0.5, 0.6) is 5.75 Å². The summed E-state index contributed by atoms with van der Waals surface area (Å²) in [4.78, 5) is 18.6. The fraction of sp³-hybridized carbons (Fsp3) is 0.550. The Morgan fingerprint density at radius 1 is 1.33 bits per heavy atom. The molecule has 5 fully saturated rings. The van der Waals surface area contributed by atoms with E-state index < -0.39 is 5.41 Å². The van der Waals surface area contributed by atoms with Crippen LogP contribution in [0.2, 0.25) is 0 Å². The molecule has 4 heteroatoms.